The van der Waals surface area contributed by atoms with Crippen LogP contribution in [0.5, 0.6) is 5.75 Å². The van der Waals surface area contributed by atoms with Crippen molar-refractivity contribution in [1.82, 2.24) is 5.48 Å². The molecule has 0 bridgehead atoms. The van der Waals surface area contributed by atoms with Crippen LogP contribution in [0.3, 0.4) is 0 Å². The SMILES string of the molecule is CCOc1ccc(C(=O)NO[C@H]2CCCCO2)cc1. The Kier molecular flexibility index (Phi) is 5.18. The predicted octanol–water partition coefficient (Wildman–Crippen LogP) is 2.27. The smallest absolute Gasteiger partial charge is 0.274 e. The van der Waals surface area contributed by atoms with Crippen LogP contribution in [0, 0.1) is 0 Å². The molecule has 1 aliphatic heterocycles. The first-order chi connectivity index (χ1) is 9.29. The number of ether oxygens (including phenoxy) is 2. The van der Waals surface area contributed by atoms with Gasteiger partial charge in [0.1, 0.15) is 5.75 Å². The summed E-state index contributed by atoms with van der Waals surface area (Å²) >= 11 is 0. The summed E-state index contributed by atoms with van der Waals surface area (Å²) in [7, 11) is 0. The third-order valence-electron chi connectivity index (χ3n) is 2.85. The molecule has 1 saturated heterocycles. The van der Waals surface area contributed by atoms with E-state index in [1.165, 1.54) is 0 Å². The second-order valence-corrected chi connectivity index (χ2v) is 4.30. The molecule has 0 aliphatic carbocycles. The van der Waals surface area contributed by atoms with E-state index in [0.29, 0.717) is 18.8 Å². The Morgan fingerprint density at radius 1 is 1.37 bits per heavy atom. The molecule has 0 radical (unpaired) electrons. The van der Waals surface area contributed by atoms with Crippen molar-refractivity contribution in [1.29, 1.82) is 0 Å². The summed E-state index contributed by atoms with van der Waals surface area (Å²) in [5.74, 6) is 0.466. The summed E-state index contributed by atoms with van der Waals surface area (Å²) in [6.07, 6.45) is 2.58. The van der Waals surface area contributed by atoms with E-state index < -0.39 is 0 Å². The number of hydrogen-bond acceptors (Lipinski definition) is 4. The first kappa shape index (κ1) is 13.8. The van der Waals surface area contributed by atoms with Crippen molar-refractivity contribution in [2.24, 2.45) is 0 Å². The van der Waals surface area contributed by atoms with Crippen molar-refractivity contribution >= 4 is 5.91 Å². The van der Waals surface area contributed by atoms with Crippen LogP contribution in [0.1, 0.15) is 36.5 Å². The van der Waals surface area contributed by atoms with Gasteiger partial charge in [0.2, 0.25) is 0 Å². The van der Waals surface area contributed by atoms with Crippen molar-refractivity contribution in [3.63, 3.8) is 0 Å². The van der Waals surface area contributed by atoms with E-state index in [0.717, 1.165) is 25.0 Å². The van der Waals surface area contributed by atoms with Gasteiger partial charge in [0.05, 0.1) is 6.61 Å². The Hall–Kier alpha value is -1.59. The van der Waals surface area contributed by atoms with Gasteiger partial charge in [-0.1, -0.05) is 0 Å². The lowest BCUT2D eigenvalue weighted by Crippen LogP contribution is -2.33. The number of benzene rings is 1. The monoisotopic (exact) mass is 265 g/mol. The van der Waals surface area contributed by atoms with Crippen molar-refractivity contribution < 1.29 is 19.1 Å². The molecule has 5 nitrogen and oxygen atoms in total. The first-order valence-corrected chi connectivity index (χ1v) is 6.60. The Bertz CT molecular complexity index is 398. The van der Waals surface area contributed by atoms with Crippen LogP contribution < -0.4 is 10.2 Å². The van der Waals surface area contributed by atoms with Crippen LogP contribution in [-0.2, 0) is 9.57 Å². The molecule has 2 rings (SSSR count). The highest BCUT2D eigenvalue weighted by atomic mass is 16.8. The minimum atomic E-state index is -0.333. The van der Waals surface area contributed by atoms with E-state index in [4.69, 9.17) is 14.3 Å². The van der Waals surface area contributed by atoms with E-state index in [1.807, 2.05) is 6.92 Å². The first-order valence-electron chi connectivity index (χ1n) is 6.60. The molecule has 1 fully saturated rings. The molecule has 104 valence electrons. The van der Waals surface area contributed by atoms with Crippen molar-refractivity contribution in [3.05, 3.63) is 29.8 Å². The molecule has 1 N–H and O–H groups in total. The van der Waals surface area contributed by atoms with Crippen molar-refractivity contribution in [3.8, 4) is 5.75 Å². The molecule has 1 heterocycles. The normalized spacial score (nSPS) is 18.9. The maximum absolute atomic E-state index is 11.8. The summed E-state index contributed by atoms with van der Waals surface area (Å²) in [4.78, 5) is 17.0. The zero-order valence-corrected chi connectivity index (χ0v) is 11.1. The maximum atomic E-state index is 11.8. The number of carbonyl (C=O) groups is 1. The van der Waals surface area contributed by atoms with E-state index in [2.05, 4.69) is 5.48 Å². The molecule has 0 unspecified atom stereocenters. The Balaban J connectivity index is 1.81. The van der Waals surface area contributed by atoms with Crippen LogP contribution in [0.2, 0.25) is 0 Å². The minimum Gasteiger partial charge on any atom is -0.494 e. The number of hydroxylamine groups is 1. The van der Waals surface area contributed by atoms with Gasteiger partial charge in [-0.3, -0.25) is 4.79 Å². The molecule has 0 aromatic heterocycles. The number of nitrogens with one attached hydrogen (secondary N) is 1. The zero-order chi connectivity index (χ0) is 13.5. The largest absolute Gasteiger partial charge is 0.494 e. The van der Waals surface area contributed by atoms with Gasteiger partial charge < -0.3 is 9.47 Å². The molecule has 0 spiro atoms. The number of carbonyl (C=O) groups excluding carboxylic acids is 1. The standard InChI is InChI=1S/C14H19NO4/c1-2-17-12-8-6-11(7-9-12)14(16)15-19-13-5-3-4-10-18-13/h6-9,13H,2-5,10H2,1H3,(H,15,16)/t13-/m0/s1. The fourth-order valence-corrected chi connectivity index (χ4v) is 1.85. The highest BCUT2D eigenvalue weighted by Crippen LogP contribution is 2.14. The van der Waals surface area contributed by atoms with E-state index in [1.54, 1.807) is 24.3 Å². The van der Waals surface area contributed by atoms with Gasteiger partial charge in [-0.25, -0.2) is 10.3 Å². The van der Waals surface area contributed by atoms with Gasteiger partial charge in [0, 0.05) is 18.6 Å². The van der Waals surface area contributed by atoms with E-state index in [-0.39, 0.29) is 12.2 Å². The van der Waals surface area contributed by atoms with Gasteiger partial charge in [-0.2, -0.15) is 0 Å². The van der Waals surface area contributed by atoms with Gasteiger partial charge in [0.15, 0.2) is 6.29 Å². The number of rotatable bonds is 5. The quantitative estimate of drug-likeness (QED) is 0.830. The highest BCUT2D eigenvalue weighted by Gasteiger charge is 2.16. The molecular weight excluding hydrogens is 246 g/mol. The molecule has 1 aromatic carbocycles. The van der Waals surface area contributed by atoms with Gasteiger partial charge in [-0.05, 0) is 44.0 Å². The second-order valence-electron chi connectivity index (χ2n) is 4.30. The lowest BCUT2D eigenvalue weighted by Gasteiger charge is -2.22. The average Bonchev–Trinajstić information content (AvgIpc) is 2.47. The molecule has 1 aromatic rings. The van der Waals surface area contributed by atoms with Crippen LogP contribution in [-0.4, -0.2) is 25.4 Å². The fourth-order valence-electron chi connectivity index (χ4n) is 1.85. The summed E-state index contributed by atoms with van der Waals surface area (Å²) < 4.78 is 10.7. The van der Waals surface area contributed by atoms with Gasteiger partial charge in [-0.15, -0.1) is 0 Å². The molecule has 19 heavy (non-hydrogen) atoms. The Morgan fingerprint density at radius 2 is 2.16 bits per heavy atom. The molecule has 1 amide bonds. The van der Waals surface area contributed by atoms with Gasteiger partial charge >= 0.3 is 0 Å². The number of hydrogen-bond donors (Lipinski definition) is 1. The van der Waals surface area contributed by atoms with Gasteiger partial charge in [0.25, 0.3) is 5.91 Å². The molecular formula is C14H19NO4. The lowest BCUT2D eigenvalue weighted by atomic mass is 10.2. The van der Waals surface area contributed by atoms with Crippen LogP contribution in [0.15, 0.2) is 24.3 Å². The molecule has 1 aliphatic rings. The molecule has 5 heteroatoms. The van der Waals surface area contributed by atoms with Crippen molar-refractivity contribution in [2.75, 3.05) is 13.2 Å². The maximum Gasteiger partial charge on any atom is 0.274 e. The summed E-state index contributed by atoms with van der Waals surface area (Å²) in [6, 6.07) is 6.92. The predicted molar refractivity (Wildman–Crippen MR) is 69.8 cm³/mol. The van der Waals surface area contributed by atoms with E-state index >= 15 is 0 Å². The topological polar surface area (TPSA) is 56.8 Å². The lowest BCUT2D eigenvalue weighted by molar-refractivity contribution is -0.186. The Morgan fingerprint density at radius 3 is 2.79 bits per heavy atom. The third-order valence-corrected chi connectivity index (χ3v) is 2.85. The highest BCUT2D eigenvalue weighted by molar-refractivity contribution is 5.93. The fraction of sp³-hybridized carbons (Fsp3) is 0.500. The van der Waals surface area contributed by atoms with Crippen LogP contribution >= 0.6 is 0 Å². The minimum absolute atomic E-state index is 0.280. The van der Waals surface area contributed by atoms with Crippen molar-refractivity contribution in [2.45, 2.75) is 32.5 Å². The molecule has 1 atom stereocenters. The zero-order valence-electron chi connectivity index (χ0n) is 11.1. The molecule has 0 saturated carbocycles. The number of amides is 1. The van der Waals surface area contributed by atoms with E-state index in [9.17, 15) is 4.79 Å². The van der Waals surface area contributed by atoms with Crippen LogP contribution in [0.4, 0.5) is 0 Å². The summed E-state index contributed by atoms with van der Waals surface area (Å²) in [6.45, 7) is 3.20. The second kappa shape index (κ2) is 7.11. The van der Waals surface area contributed by atoms with Crippen LogP contribution in [0.25, 0.3) is 0 Å². The summed E-state index contributed by atoms with van der Waals surface area (Å²) in [5.41, 5.74) is 2.94. The Labute approximate surface area is 112 Å². The average molecular weight is 265 g/mol. The third kappa shape index (κ3) is 4.22. The summed E-state index contributed by atoms with van der Waals surface area (Å²) in [5, 5.41) is 0.